The molecule has 3 heteroatoms. The van der Waals surface area contributed by atoms with E-state index in [0.717, 1.165) is 43.7 Å². The van der Waals surface area contributed by atoms with Gasteiger partial charge in [-0.1, -0.05) is 12.1 Å². The Hall–Kier alpha value is -1.06. The largest absolute Gasteiger partial charge is 0.496 e. The second kappa shape index (κ2) is 6.21. The third-order valence-electron chi connectivity index (χ3n) is 3.83. The molecule has 0 aliphatic carbocycles. The summed E-state index contributed by atoms with van der Waals surface area (Å²) in [6.07, 6.45) is 2.68. The van der Waals surface area contributed by atoms with Crippen LogP contribution in [0, 0.1) is 12.8 Å². The number of rotatable bonds is 4. The molecule has 1 fully saturated rings. The van der Waals surface area contributed by atoms with Crippen molar-refractivity contribution in [3.8, 4) is 5.75 Å². The van der Waals surface area contributed by atoms with Gasteiger partial charge in [0.1, 0.15) is 5.75 Å². The van der Waals surface area contributed by atoms with Crippen LogP contribution < -0.4 is 10.1 Å². The fourth-order valence-corrected chi connectivity index (χ4v) is 2.70. The van der Waals surface area contributed by atoms with Crippen LogP contribution in [0.1, 0.15) is 24.0 Å². The van der Waals surface area contributed by atoms with E-state index in [2.05, 4.69) is 17.4 Å². The number of aryl methyl sites for hydroxylation is 1. The van der Waals surface area contributed by atoms with Crippen molar-refractivity contribution in [3.63, 3.8) is 0 Å². The minimum atomic E-state index is -0.222. The van der Waals surface area contributed by atoms with Crippen LogP contribution in [0.4, 0.5) is 0 Å². The maximum Gasteiger partial charge on any atom is 0.121 e. The smallest absolute Gasteiger partial charge is 0.121 e. The van der Waals surface area contributed by atoms with Gasteiger partial charge in [-0.15, -0.1) is 0 Å². The number of nitrogens with one attached hydrogen (secondary N) is 1. The first-order chi connectivity index (χ1) is 8.70. The van der Waals surface area contributed by atoms with Gasteiger partial charge in [-0.3, -0.25) is 0 Å². The van der Waals surface area contributed by atoms with Crippen LogP contribution in [-0.2, 0) is 6.42 Å². The molecular weight excluding hydrogens is 226 g/mol. The van der Waals surface area contributed by atoms with E-state index in [1.165, 1.54) is 5.56 Å². The van der Waals surface area contributed by atoms with Crippen LogP contribution >= 0.6 is 0 Å². The lowest BCUT2D eigenvalue weighted by Crippen LogP contribution is -2.35. The minimum Gasteiger partial charge on any atom is -0.496 e. The number of aliphatic hydroxyl groups excluding tert-OH is 1. The van der Waals surface area contributed by atoms with Crippen molar-refractivity contribution in [1.82, 2.24) is 5.32 Å². The quantitative estimate of drug-likeness (QED) is 0.856. The molecule has 1 heterocycles. The minimum absolute atomic E-state index is 0.222. The summed E-state index contributed by atoms with van der Waals surface area (Å²) < 4.78 is 5.25. The van der Waals surface area contributed by atoms with Crippen LogP contribution in [0.2, 0.25) is 0 Å². The molecule has 1 atom stereocenters. The van der Waals surface area contributed by atoms with E-state index >= 15 is 0 Å². The van der Waals surface area contributed by atoms with Crippen LogP contribution in [-0.4, -0.2) is 31.4 Å². The molecule has 0 spiro atoms. The van der Waals surface area contributed by atoms with E-state index < -0.39 is 0 Å². The molecular formula is C15H23NO2. The first kappa shape index (κ1) is 13.4. The average Bonchev–Trinajstić information content (AvgIpc) is 2.40. The van der Waals surface area contributed by atoms with Gasteiger partial charge in [0, 0.05) is 0 Å². The van der Waals surface area contributed by atoms with E-state index in [9.17, 15) is 5.11 Å². The zero-order valence-electron chi connectivity index (χ0n) is 11.3. The number of methoxy groups -OCH3 is 1. The monoisotopic (exact) mass is 249 g/mol. The van der Waals surface area contributed by atoms with Crippen molar-refractivity contribution in [2.75, 3.05) is 20.2 Å². The highest BCUT2D eigenvalue weighted by molar-refractivity contribution is 5.36. The summed E-state index contributed by atoms with van der Waals surface area (Å²) in [6, 6.07) is 6.15. The molecule has 0 amide bonds. The molecule has 100 valence electrons. The van der Waals surface area contributed by atoms with Crippen LogP contribution in [0.5, 0.6) is 5.75 Å². The lowest BCUT2D eigenvalue weighted by molar-refractivity contribution is 0.0890. The molecule has 1 aromatic rings. The molecule has 3 nitrogen and oxygen atoms in total. The number of hydrogen-bond acceptors (Lipinski definition) is 3. The van der Waals surface area contributed by atoms with Gasteiger partial charge < -0.3 is 15.2 Å². The van der Waals surface area contributed by atoms with Crippen molar-refractivity contribution in [3.05, 3.63) is 29.3 Å². The number of benzene rings is 1. The summed E-state index contributed by atoms with van der Waals surface area (Å²) >= 11 is 0. The van der Waals surface area contributed by atoms with Gasteiger partial charge in [-0.2, -0.15) is 0 Å². The molecule has 1 saturated heterocycles. The first-order valence-corrected chi connectivity index (χ1v) is 6.73. The highest BCUT2D eigenvalue weighted by Crippen LogP contribution is 2.23. The zero-order chi connectivity index (χ0) is 13.0. The molecule has 2 rings (SSSR count). The maximum absolute atomic E-state index is 10.3. The molecule has 0 aromatic heterocycles. The normalized spacial score (nSPS) is 18.6. The van der Waals surface area contributed by atoms with Gasteiger partial charge in [0.15, 0.2) is 0 Å². The molecule has 1 aromatic carbocycles. The number of piperidine rings is 1. The molecule has 0 bridgehead atoms. The Morgan fingerprint density at radius 1 is 1.39 bits per heavy atom. The number of ether oxygens (including phenoxy) is 1. The van der Waals surface area contributed by atoms with Crippen molar-refractivity contribution in [1.29, 1.82) is 0 Å². The Labute approximate surface area is 109 Å². The summed E-state index contributed by atoms with van der Waals surface area (Å²) in [6.45, 7) is 4.10. The second-order valence-corrected chi connectivity index (χ2v) is 5.16. The Bertz CT molecular complexity index is 386. The molecule has 18 heavy (non-hydrogen) atoms. The van der Waals surface area contributed by atoms with E-state index in [-0.39, 0.29) is 6.10 Å². The van der Waals surface area contributed by atoms with E-state index in [1.807, 2.05) is 13.0 Å². The fraction of sp³-hybridized carbons (Fsp3) is 0.600. The lowest BCUT2D eigenvalue weighted by atomic mass is 9.88. The summed E-state index contributed by atoms with van der Waals surface area (Å²) in [5, 5.41) is 13.6. The Balaban J connectivity index is 1.97. The van der Waals surface area contributed by atoms with E-state index in [4.69, 9.17) is 4.74 Å². The highest BCUT2D eigenvalue weighted by atomic mass is 16.5. The van der Waals surface area contributed by atoms with E-state index in [0.29, 0.717) is 5.92 Å². The zero-order valence-corrected chi connectivity index (χ0v) is 11.3. The Morgan fingerprint density at radius 3 is 2.72 bits per heavy atom. The van der Waals surface area contributed by atoms with Gasteiger partial charge in [0.05, 0.1) is 13.2 Å². The molecule has 1 unspecified atom stereocenters. The van der Waals surface area contributed by atoms with Crippen molar-refractivity contribution < 1.29 is 9.84 Å². The van der Waals surface area contributed by atoms with Crippen LogP contribution in [0.3, 0.4) is 0 Å². The summed E-state index contributed by atoms with van der Waals surface area (Å²) in [5.74, 6) is 1.35. The predicted molar refractivity (Wildman–Crippen MR) is 73.0 cm³/mol. The summed E-state index contributed by atoms with van der Waals surface area (Å²) in [5.41, 5.74) is 2.33. The Kier molecular flexibility index (Phi) is 4.61. The molecule has 0 radical (unpaired) electrons. The molecule has 0 saturated carbocycles. The first-order valence-electron chi connectivity index (χ1n) is 6.73. The lowest BCUT2D eigenvalue weighted by Gasteiger charge is -2.27. The van der Waals surface area contributed by atoms with Gasteiger partial charge in [0.2, 0.25) is 0 Å². The molecule has 1 aliphatic heterocycles. The number of aliphatic hydroxyl groups is 1. The third kappa shape index (κ3) is 3.24. The second-order valence-electron chi connectivity index (χ2n) is 5.16. The maximum atomic E-state index is 10.3. The van der Waals surface area contributed by atoms with Gasteiger partial charge >= 0.3 is 0 Å². The SMILES string of the molecule is COc1ccc(CC(O)C2CCNCC2)cc1C. The van der Waals surface area contributed by atoms with Gasteiger partial charge in [0.25, 0.3) is 0 Å². The molecule has 2 N–H and O–H groups in total. The van der Waals surface area contributed by atoms with Crippen molar-refractivity contribution in [2.24, 2.45) is 5.92 Å². The van der Waals surface area contributed by atoms with Crippen LogP contribution in [0.15, 0.2) is 18.2 Å². The topological polar surface area (TPSA) is 41.5 Å². The fourth-order valence-electron chi connectivity index (χ4n) is 2.70. The van der Waals surface area contributed by atoms with E-state index in [1.54, 1.807) is 7.11 Å². The average molecular weight is 249 g/mol. The summed E-state index contributed by atoms with van der Waals surface area (Å²) in [4.78, 5) is 0. The highest BCUT2D eigenvalue weighted by Gasteiger charge is 2.21. The third-order valence-corrected chi connectivity index (χ3v) is 3.83. The van der Waals surface area contributed by atoms with Crippen LogP contribution in [0.25, 0.3) is 0 Å². The van der Waals surface area contributed by atoms with Crippen molar-refractivity contribution in [2.45, 2.75) is 32.3 Å². The standard InChI is InChI=1S/C15H23NO2/c1-11-9-12(3-4-15(11)18-2)10-14(17)13-5-7-16-8-6-13/h3-4,9,13-14,16-17H,5-8,10H2,1-2H3. The number of hydrogen-bond donors (Lipinski definition) is 2. The van der Waals surface area contributed by atoms with Gasteiger partial charge in [-0.05, 0) is 62.4 Å². The van der Waals surface area contributed by atoms with Crippen molar-refractivity contribution >= 4 is 0 Å². The Morgan fingerprint density at radius 2 is 2.11 bits per heavy atom. The van der Waals surface area contributed by atoms with Gasteiger partial charge in [-0.25, -0.2) is 0 Å². The molecule has 1 aliphatic rings. The summed E-state index contributed by atoms with van der Waals surface area (Å²) in [7, 11) is 1.69. The predicted octanol–water partition coefficient (Wildman–Crippen LogP) is 1.91.